The number of sulfonamides is 1. The molecule has 2 aromatic rings. The molecule has 3 N–H and O–H groups in total. The number of carbonyl (C=O) groups is 4. The number of pyridine rings is 1. The maximum absolute atomic E-state index is 15.5. The molecule has 1 saturated heterocycles. The highest BCUT2D eigenvalue weighted by molar-refractivity contribution is 7.91. The zero-order valence-corrected chi connectivity index (χ0v) is 35.2. The van der Waals surface area contributed by atoms with E-state index in [0.717, 1.165) is 18.7 Å². The van der Waals surface area contributed by atoms with Gasteiger partial charge in [0.25, 0.3) is 11.8 Å². The average molecular weight is 850 g/mol. The number of ether oxygens (including phenoxy) is 2. The number of allylic oxidation sites excluding steroid dienone is 1. The Bertz CT molecular complexity index is 2140. The normalized spacial score (nSPS) is 29.2. The van der Waals surface area contributed by atoms with Crippen molar-refractivity contribution >= 4 is 44.6 Å². The van der Waals surface area contributed by atoms with Crippen molar-refractivity contribution in [3.8, 4) is 11.8 Å². The number of hydrogen-bond acceptors (Lipinski definition) is 9. The molecule has 0 radical (unpaired) electrons. The molecule has 2 aliphatic carbocycles. The highest BCUT2D eigenvalue weighted by Crippen LogP contribution is 2.48. The van der Waals surface area contributed by atoms with Crippen molar-refractivity contribution in [3.63, 3.8) is 0 Å². The van der Waals surface area contributed by atoms with E-state index in [4.69, 9.17) is 9.47 Å². The van der Waals surface area contributed by atoms with Gasteiger partial charge in [-0.05, 0) is 94.7 Å². The van der Waals surface area contributed by atoms with Gasteiger partial charge in [-0.2, -0.15) is 4.98 Å². The topological polar surface area (TPSA) is 185 Å². The monoisotopic (exact) mass is 849 g/mol. The number of amides is 4. The summed E-state index contributed by atoms with van der Waals surface area (Å²) < 4.78 is 84.4. The van der Waals surface area contributed by atoms with Crippen LogP contribution in [0.2, 0.25) is 0 Å². The van der Waals surface area contributed by atoms with Gasteiger partial charge in [0.2, 0.25) is 33.6 Å². The Morgan fingerprint density at radius 1 is 1.15 bits per heavy atom. The number of carbonyl (C=O) groups excluding carboxylic acids is 3. The van der Waals surface area contributed by atoms with Gasteiger partial charge in [-0.15, -0.1) is 0 Å². The van der Waals surface area contributed by atoms with Gasteiger partial charge in [-0.25, -0.2) is 26.4 Å². The number of nitrogens with zero attached hydrogens (tertiary/aromatic N) is 3. The standard InChI is InChI=1S/C41H54F3N5O9S/c1-8-24-17-23(2)11-9-10-12-26-21-41(26,36(52)47-59(55,56)39(5)15-16-39)46-33(50)30-20-28(58-34-29-14-13-27(42)18-25(29)19-31(45-34)57-7)22-48(30)35(51)32(24)49(37(53)54)38(3,4)40(6,43)44/h10,12-14,18-19,23-24,26,28,30,32H,8-9,11,15-17,20-22H2,1-7H3,(H,46,50)(H,47,52)(H,53,54)/b12-10-/t23-,24+,26+,28+,30-,32-,41+/m0/s1. The Kier molecular flexibility index (Phi) is 11.8. The van der Waals surface area contributed by atoms with E-state index in [0.29, 0.717) is 48.3 Å². The Labute approximate surface area is 342 Å². The number of methoxy groups -OCH3 is 1. The van der Waals surface area contributed by atoms with Crippen molar-refractivity contribution in [2.45, 2.75) is 133 Å². The lowest BCUT2D eigenvalue weighted by Crippen LogP contribution is -2.67. The molecule has 3 heterocycles. The summed E-state index contributed by atoms with van der Waals surface area (Å²) >= 11 is 0. The largest absolute Gasteiger partial charge is 0.481 e. The predicted molar refractivity (Wildman–Crippen MR) is 211 cm³/mol. The molecule has 3 fully saturated rings. The summed E-state index contributed by atoms with van der Waals surface area (Å²) in [6.07, 6.45) is 2.96. The number of nitrogens with one attached hydrogen (secondary N) is 2. The molecular weight excluding hydrogens is 796 g/mol. The maximum atomic E-state index is 15.5. The van der Waals surface area contributed by atoms with Gasteiger partial charge in [0.15, 0.2) is 0 Å². The molecule has 1 aromatic heterocycles. The van der Waals surface area contributed by atoms with Crippen molar-refractivity contribution < 1.29 is 55.3 Å². The molecule has 4 amide bonds. The van der Waals surface area contributed by atoms with Crippen LogP contribution in [-0.4, -0.2) is 106 Å². The Morgan fingerprint density at radius 2 is 1.85 bits per heavy atom. The first-order valence-corrected chi connectivity index (χ1v) is 21.5. The van der Waals surface area contributed by atoms with Crippen molar-refractivity contribution in [1.29, 1.82) is 0 Å². The van der Waals surface area contributed by atoms with E-state index < -0.39 is 91.4 Å². The lowest BCUT2D eigenvalue weighted by atomic mass is 9.81. The molecule has 7 atom stereocenters. The maximum Gasteiger partial charge on any atom is 0.408 e. The number of fused-ring (bicyclic) bond motifs is 3. The number of alkyl halides is 2. The van der Waals surface area contributed by atoms with Crippen LogP contribution < -0.4 is 19.5 Å². The van der Waals surface area contributed by atoms with E-state index in [1.165, 1.54) is 38.3 Å². The van der Waals surface area contributed by atoms with Crippen molar-refractivity contribution in [2.24, 2.45) is 17.8 Å². The van der Waals surface area contributed by atoms with Gasteiger partial charge in [-0.1, -0.05) is 32.4 Å². The van der Waals surface area contributed by atoms with Crippen LogP contribution >= 0.6 is 0 Å². The number of benzene rings is 1. The second-order valence-electron chi connectivity index (χ2n) is 17.5. The van der Waals surface area contributed by atoms with Crippen LogP contribution in [0.3, 0.4) is 0 Å². The van der Waals surface area contributed by atoms with Crippen LogP contribution in [0.1, 0.15) is 92.9 Å². The highest BCUT2D eigenvalue weighted by atomic mass is 32.2. The smallest absolute Gasteiger partial charge is 0.408 e. The molecule has 59 heavy (non-hydrogen) atoms. The Balaban J connectivity index is 1.45. The van der Waals surface area contributed by atoms with Crippen molar-refractivity contribution in [2.75, 3.05) is 13.7 Å². The van der Waals surface area contributed by atoms with Crippen LogP contribution in [0.15, 0.2) is 36.4 Å². The molecule has 0 unspecified atom stereocenters. The van der Waals surface area contributed by atoms with Gasteiger partial charge in [0, 0.05) is 30.7 Å². The third-order valence-electron chi connectivity index (χ3n) is 13.0. The van der Waals surface area contributed by atoms with Crippen LogP contribution in [0.25, 0.3) is 10.8 Å². The van der Waals surface area contributed by atoms with E-state index in [9.17, 15) is 32.3 Å². The van der Waals surface area contributed by atoms with E-state index in [1.807, 2.05) is 13.0 Å². The van der Waals surface area contributed by atoms with Crippen molar-refractivity contribution in [3.05, 3.63) is 42.2 Å². The molecule has 0 spiro atoms. The molecule has 324 valence electrons. The lowest BCUT2D eigenvalue weighted by Gasteiger charge is -2.47. The van der Waals surface area contributed by atoms with Crippen LogP contribution in [0, 0.1) is 23.6 Å². The average Bonchev–Trinajstić information content (AvgIpc) is 4.03. The minimum atomic E-state index is -4.12. The Hall–Kier alpha value is -4.61. The second-order valence-corrected chi connectivity index (χ2v) is 19.7. The predicted octanol–water partition coefficient (Wildman–Crippen LogP) is 5.79. The van der Waals surface area contributed by atoms with E-state index in [-0.39, 0.29) is 49.9 Å². The second kappa shape index (κ2) is 15.8. The summed E-state index contributed by atoms with van der Waals surface area (Å²) in [5.41, 5.74) is -4.11. The van der Waals surface area contributed by atoms with Gasteiger partial charge in [-0.3, -0.25) is 24.0 Å². The van der Waals surface area contributed by atoms with Crippen LogP contribution in [-0.2, 0) is 24.4 Å². The van der Waals surface area contributed by atoms with Gasteiger partial charge < -0.3 is 24.8 Å². The minimum Gasteiger partial charge on any atom is -0.481 e. The number of rotatable bonds is 10. The molecule has 1 aromatic carbocycles. The molecule has 6 rings (SSSR count). The fraction of sp³-hybridized carbons (Fsp3) is 0.634. The first-order valence-electron chi connectivity index (χ1n) is 20.1. The molecule has 4 aliphatic rings. The number of aromatic nitrogens is 1. The summed E-state index contributed by atoms with van der Waals surface area (Å²) in [4.78, 5) is 63.1. The highest BCUT2D eigenvalue weighted by Gasteiger charge is 2.63. The fourth-order valence-corrected chi connectivity index (χ4v) is 9.68. The van der Waals surface area contributed by atoms with Gasteiger partial charge in [0.1, 0.15) is 35.1 Å². The zero-order valence-electron chi connectivity index (χ0n) is 34.4. The molecule has 0 bridgehead atoms. The first-order chi connectivity index (χ1) is 27.5. The molecular formula is C41H54F3N5O9S. The SMILES string of the molecule is CC[C@@H]1C[C@@H](C)CC/C=C\[C@@H]2C[C@@]2(C(=O)NS(=O)(=O)C2(C)CC2)NC(=O)[C@@H]2C[C@@H](Oc3nc(OC)cc4cc(F)ccc34)CN2C(=O)[C@H]1N(C(=O)O)C(C)(C)C(C)(F)F. The number of hydrogen-bond donors (Lipinski definition) is 3. The van der Waals surface area contributed by atoms with Gasteiger partial charge >= 0.3 is 6.09 Å². The summed E-state index contributed by atoms with van der Waals surface area (Å²) in [5.74, 6) is -8.28. The van der Waals surface area contributed by atoms with E-state index >= 15 is 13.6 Å². The quantitative estimate of drug-likeness (QED) is 0.248. The van der Waals surface area contributed by atoms with Crippen LogP contribution in [0.5, 0.6) is 11.8 Å². The minimum absolute atomic E-state index is 0.0160. The summed E-state index contributed by atoms with van der Waals surface area (Å²) in [7, 11) is -2.76. The molecule has 14 nitrogen and oxygen atoms in total. The summed E-state index contributed by atoms with van der Waals surface area (Å²) in [6, 6.07) is 2.26. The van der Waals surface area contributed by atoms with Gasteiger partial charge in [0.05, 0.1) is 18.4 Å². The Morgan fingerprint density at radius 3 is 2.46 bits per heavy atom. The third kappa shape index (κ3) is 8.42. The van der Waals surface area contributed by atoms with E-state index in [1.54, 1.807) is 13.0 Å². The summed E-state index contributed by atoms with van der Waals surface area (Å²) in [6.45, 7) is 7.55. The van der Waals surface area contributed by atoms with E-state index in [2.05, 4.69) is 15.0 Å². The molecule has 2 saturated carbocycles. The number of halogens is 3. The lowest BCUT2D eigenvalue weighted by molar-refractivity contribution is -0.157. The molecule has 2 aliphatic heterocycles. The fourth-order valence-electron chi connectivity index (χ4n) is 8.37. The number of carboxylic acid groups (broad SMARTS) is 1. The zero-order chi connectivity index (χ0) is 43.5. The third-order valence-corrected chi connectivity index (χ3v) is 15.1. The van der Waals surface area contributed by atoms with Crippen LogP contribution in [0.4, 0.5) is 18.0 Å². The summed E-state index contributed by atoms with van der Waals surface area (Å²) in [5, 5.41) is 14.2. The molecule has 18 heteroatoms. The van der Waals surface area contributed by atoms with Crippen molar-refractivity contribution in [1.82, 2.24) is 24.8 Å². The first kappa shape index (κ1) is 44.0.